The van der Waals surface area contributed by atoms with E-state index in [4.69, 9.17) is 9.47 Å². The molecule has 6 nitrogen and oxygen atoms in total. The highest BCUT2D eigenvalue weighted by Gasteiger charge is 2.33. The van der Waals surface area contributed by atoms with Gasteiger partial charge in [-0.15, -0.1) is 13.2 Å². The summed E-state index contributed by atoms with van der Waals surface area (Å²) in [6, 6.07) is 7.58. The molecule has 1 fully saturated rings. The number of amides is 2. The summed E-state index contributed by atoms with van der Waals surface area (Å²) in [6.45, 7) is 4.01. The average molecular weight is 465 g/mol. The van der Waals surface area contributed by atoms with Crippen molar-refractivity contribution in [1.82, 2.24) is 5.32 Å². The number of imide groups is 1. The van der Waals surface area contributed by atoms with Gasteiger partial charge in [0.2, 0.25) is 6.79 Å². The fourth-order valence-corrected chi connectivity index (χ4v) is 4.17. The van der Waals surface area contributed by atoms with E-state index in [-0.39, 0.29) is 17.3 Å². The fourth-order valence-electron chi connectivity index (χ4n) is 3.49. The number of rotatable bonds is 5. The van der Waals surface area contributed by atoms with Crippen molar-refractivity contribution in [3.8, 4) is 28.4 Å². The molecule has 10 heteroatoms. The third-order valence-corrected chi connectivity index (χ3v) is 5.45. The molecule has 2 aliphatic heterocycles. The van der Waals surface area contributed by atoms with Crippen LogP contribution in [0.1, 0.15) is 25.0 Å². The lowest BCUT2D eigenvalue weighted by Crippen LogP contribution is -2.18. The van der Waals surface area contributed by atoms with Crippen LogP contribution in [0.25, 0.3) is 17.2 Å². The molecule has 168 valence electrons. The number of hydrogen-bond donors (Lipinski definition) is 1. The second-order valence-corrected chi connectivity index (χ2v) is 8.65. The number of ether oxygens (including phenoxy) is 3. The molecule has 0 bridgehead atoms. The molecule has 0 radical (unpaired) electrons. The maximum absolute atomic E-state index is 13.1. The Morgan fingerprint density at radius 3 is 2.59 bits per heavy atom. The van der Waals surface area contributed by atoms with Crippen LogP contribution in [0.2, 0.25) is 0 Å². The summed E-state index contributed by atoms with van der Waals surface area (Å²) in [6.07, 6.45) is -2.79. The maximum atomic E-state index is 13.1. The van der Waals surface area contributed by atoms with Crippen LogP contribution in [0, 0.1) is 5.92 Å². The lowest BCUT2D eigenvalue weighted by atomic mass is 9.95. The lowest BCUT2D eigenvalue weighted by molar-refractivity contribution is -0.274. The maximum Gasteiger partial charge on any atom is 0.573 e. The van der Waals surface area contributed by atoms with Crippen LogP contribution in [0.4, 0.5) is 18.0 Å². The largest absolute Gasteiger partial charge is 0.573 e. The molecule has 2 aromatic carbocycles. The van der Waals surface area contributed by atoms with Crippen molar-refractivity contribution in [3.05, 3.63) is 46.4 Å². The number of benzene rings is 2. The zero-order valence-electron chi connectivity index (χ0n) is 17.0. The zero-order chi connectivity index (χ0) is 23.0. The molecule has 2 heterocycles. The molecule has 1 N–H and O–H groups in total. The highest BCUT2D eigenvalue weighted by Crippen LogP contribution is 2.47. The van der Waals surface area contributed by atoms with E-state index in [0.29, 0.717) is 35.0 Å². The SMILES string of the molecule is CC(C)Cc1cc2c(c(-c3cc(/C=C4/SC(=O)NC4=O)ccc3OC(F)(F)F)c1)OCO2. The second kappa shape index (κ2) is 8.42. The number of alkyl halides is 3. The number of carbonyl (C=O) groups excluding carboxylic acids is 2. The Balaban J connectivity index is 1.86. The number of carbonyl (C=O) groups is 2. The first kappa shape index (κ1) is 22.1. The molecule has 2 aromatic rings. The van der Waals surface area contributed by atoms with Gasteiger partial charge in [0.05, 0.1) is 4.91 Å². The van der Waals surface area contributed by atoms with E-state index >= 15 is 0 Å². The molecule has 2 amide bonds. The molecule has 0 atom stereocenters. The molecule has 0 aromatic heterocycles. The molecule has 0 saturated carbocycles. The summed E-state index contributed by atoms with van der Waals surface area (Å²) in [7, 11) is 0. The molecule has 1 saturated heterocycles. The summed E-state index contributed by atoms with van der Waals surface area (Å²) in [5.74, 6) is 0.0849. The first-order valence-corrected chi connectivity index (χ1v) is 10.5. The predicted molar refractivity (Wildman–Crippen MR) is 112 cm³/mol. The van der Waals surface area contributed by atoms with Gasteiger partial charge in [0.1, 0.15) is 5.75 Å². The normalized spacial score (nSPS) is 16.8. The Labute approximate surface area is 185 Å². The Bertz CT molecular complexity index is 1130. The highest BCUT2D eigenvalue weighted by molar-refractivity contribution is 8.18. The van der Waals surface area contributed by atoms with Gasteiger partial charge in [-0.25, -0.2) is 0 Å². The van der Waals surface area contributed by atoms with Gasteiger partial charge in [-0.2, -0.15) is 0 Å². The van der Waals surface area contributed by atoms with E-state index < -0.39 is 23.3 Å². The standard InChI is InChI=1S/C22H18F3NO5S/c1-11(2)5-13-7-15(19-17(8-13)29-10-30-19)14-6-12(3-4-16(14)31-22(23,24)25)9-18-20(27)26-21(28)32-18/h3-4,6-9,11H,5,10H2,1-2H3,(H,26,27,28)/b18-9+. The summed E-state index contributed by atoms with van der Waals surface area (Å²) >= 11 is 0.719. The summed E-state index contributed by atoms with van der Waals surface area (Å²) in [4.78, 5) is 23.4. The topological polar surface area (TPSA) is 73.9 Å². The molecule has 0 aliphatic carbocycles. The number of thioether (sulfide) groups is 1. The van der Waals surface area contributed by atoms with Crippen LogP contribution in [0.3, 0.4) is 0 Å². The Morgan fingerprint density at radius 1 is 1.16 bits per heavy atom. The van der Waals surface area contributed by atoms with Crippen LogP contribution in [0.15, 0.2) is 35.2 Å². The van der Waals surface area contributed by atoms with Crippen LogP contribution < -0.4 is 19.5 Å². The van der Waals surface area contributed by atoms with E-state index in [9.17, 15) is 22.8 Å². The lowest BCUT2D eigenvalue weighted by Gasteiger charge is -2.17. The van der Waals surface area contributed by atoms with Gasteiger partial charge in [0, 0.05) is 11.1 Å². The van der Waals surface area contributed by atoms with Crippen LogP contribution in [-0.4, -0.2) is 24.3 Å². The number of nitrogens with one attached hydrogen (secondary N) is 1. The van der Waals surface area contributed by atoms with Crippen molar-refractivity contribution in [2.45, 2.75) is 26.6 Å². The van der Waals surface area contributed by atoms with Crippen molar-refractivity contribution < 1.29 is 37.0 Å². The molecule has 0 spiro atoms. The Kier molecular flexibility index (Phi) is 5.81. The third kappa shape index (κ3) is 4.85. The van der Waals surface area contributed by atoms with Crippen LogP contribution in [-0.2, 0) is 11.2 Å². The quantitative estimate of drug-likeness (QED) is 0.588. The first-order valence-electron chi connectivity index (χ1n) is 9.66. The fraction of sp³-hybridized carbons (Fsp3) is 0.273. The van der Waals surface area contributed by atoms with Gasteiger partial charge in [-0.3, -0.25) is 14.9 Å². The minimum absolute atomic E-state index is 0.0500. The first-order chi connectivity index (χ1) is 15.1. The number of hydrogen-bond acceptors (Lipinski definition) is 6. The summed E-state index contributed by atoms with van der Waals surface area (Å²) in [5.41, 5.74) is 1.80. The third-order valence-electron chi connectivity index (χ3n) is 4.64. The van der Waals surface area contributed by atoms with Crippen molar-refractivity contribution in [3.63, 3.8) is 0 Å². The van der Waals surface area contributed by atoms with Gasteiger partial charge < -0.3 is 14.2 Å². The minimum atomic E-state index is -4.90. The van der Waals surface area contributed by atoms with E-state index in [0.717, 1.165) is 17.3 Å². The minimum Gasteiger partial charge on any atom is -0.454 e. The van der Waals surface area contributed by atoms with Gasteiger partial charge in [-0.05, 0) is 65.6 Å². The zero-order valence-corrected chi connectivity index (χ0v) is 17.9. The van der Waals surface area contributed by atoms with Gasteiger partial charge in [-0.1, -0.05) is 19.9 Å². The molecule has 0 unspecified atom stereocenters. The highest BCUT2D eigenvalue weighted by atomic mass is 32.2. The van der Waals surface area contributed by atoms with Gasteiger partial charge in [0.15, 0.2) is 11.5 Å². The second-order valence-electron chi connectivity index (χ2n) is 7.63. The van der Waals surface area contributed by atoms with Gasteiger partial charge in [0.25, 0.3) is 11.1 Å². The predicted octanol–water partition coefficient (Wildman–Crippen LogP) is 5.50. The molecule has 4 rings (SSSR count). The molecular formula is C22H18F3NO5S. The smallest absolute Gasteiger partial charge is 0.454 e. The van der Waals surface area contributed by atoms with E-state index in [1.54, 1.807) is 6.07 Å². The Morgan fingerprint density at radius 2 is 1.94 bits per heavy atom. The number of fused-ring (bicyclic) bond motifs is 1. The van der Waals surface area contributed by atoms with Crippen molar-refractivity contribution in [2.75, 3.05) is 6.79 Å². The van der Waals surface area contributed by atoms with Gasteiger partial charge >= 0.3 is 6.36 Å². The number of halogens is 3. The Hall–Kier alpha value is -3.14. The van der Waals surface area contributed by atoms with E-state index in [1.807, 2.05) is 19.9 Å². The van der Waals surface area contributed by atoms with Crippen LogP contribution >= 0.6 is 11.8 Å². The monoisotopic (exact) mass is 465 g/mol. The van der Waals surface area contributed by atoms with E-state index in [1.165, 1.54) is 24.3 Å². The molecule has 2 aliphatic rings. The van der Waals surface area contributed by atoms with Crippen molar-refractivity contribution in [1.29, 1.82) is 0 Å². The molecule has 32 heavy (non-hydrogen) atoms. The van der Waals surface area contributed by atoms with Crippen LogP contribution in [0.5, 0.6) is 17.2 Å². The van der Waals surface area contributed by atoms with Crippen molar-refractivity contribution in [2.24, 2.45) is 5.92 Å². The van der Waals surface area contributed by atoms with Crippen molar-refractivity contribution >= 4 is 29.0 Å². The average Bonchev–Trinajstić information content (AvgIpc) is 3.26. The summed E-state index contributed by atoms with van der Waals surface area (Å²) < 4.78 is 54.6. The van der Waals surface area contributed by atoms with E-state index in [2.05, 4.69) is 10.1 Å². The summed E-state index contributed by atoms with van der Waals surface area (Å²) in [5, 5.41) is 1.63. The molecular weight excluding hydrogens is 447 g/mol.